The smallest absolute Gasteiger partial charge is 0.237 e. The van der Waals surface area contributed by atoms with Gasteiger partial charge in [-0.2, -0.15) is 0 Å². The Labute approximate surface area is 135 Å². The van der Waals surface area contributed by atoms with E-state index in [1.165, 1.54) is 6.07 Å². The second kappa shape index (κ2) is 7.37. The average molecular weight is 319 g/mol. The van der Waals surface area contributed by atoms with Crippen molar-refractivity contribution in [1.29, 1.82) is 0 Å². The number of hydrogen-bond donors (Lipinski definition) is 2. The van der Waals surface area contributed by atoms with Gasteiger partial charge in [0.05, 0.1) is 11.7 Å². The number of nitrogens with zero attached hydrogens (tertiary/aromatic N) is 1. The van der Waals surface area contributed by atoms with Crippen LogP contribution in [0.2, 0.25) is 0 Å². The molecule has 2 rings (SSSR count). The molecule has 1 amide bonds. The lowest BCUT2D eigenvalue weighted by Crippen LogP contribution is -2.43. The van der Waals surface area contributed by atoms with Crippen molar-refractivity contribution in [2.75, 3.05) is 0 Å². The Morgan fingerprint density at radius 1 is 1.30 bits per heavy atom. The highest BCUT2D eigenvalue weighted by atomic mass is 19.1. The Morgan fingerprint density at radius 3 is 2.61 bits per heavy atom. The predicted octanol–water partition coefficient (Wildman–Crippen LogP) is 2.79. The highest BCUT2D eigenvalue weighted by Gasteiger charge is 2.21. The van der Waals surface area contributed by atoms with Crippen LogP contribution in [0.1, 0.15) is 42.5 Å². The summed E-state index contributed by atoms with van der Waals surface area (Å²) in [4.78, 5) is 12.2. The van der Waals surface area contributed by atoms with Crippen molar-refractivity contribution >= 4 is 5.91 Å². The zero-order valence-electron chi connectivity index (χ0n) is 13.8. The summed E-state index contributed by atoms with van der Waals surface area (Å²) in [6.07, 6.45) is 0. The molecule has 0 radical (unpaired) electrons. The summed E-state index contributed by atoms with van der Waals surface area (Å²) in [6.45, 7) is 7.60. The number of nitrogens with one attached hydrogen (secondary N) is 2. The number of halogens is 1. The van der Waals surface area contributed by atoms with Crippen LogP contribution in [-0.4, -0.2) is 17.1 Å². The Hall–Kier alpha value is -2.21. The van der Waals surface area contributed by atoms with Crippen LogP contribution < -0.4 is 10.6 Å². The molecule has 2 N–H and O–H groups in total. The van der Waals surface area contributed by atoms with Gasteiger partial charge in [-0.1, -0.05) is 23.4 Å². The normalized spacial score (nSPS) is 13.6. The molecule has 23 heavy (non-hydrogen) atoms. The molecule has 6 heteroatoms. The van der Waals surface area contributed by atoms with E-state index < -0.39 is 6.04 Å². The van der Waals surface area contributed by atoms with Crippen molar-refractivity contribution in [3.63, 3.8) is 0 Å². The molecule has 0 fully saturated rings. The minimum absolute atomic E-state index is 0.0736. The largest absolute Gasteiger partial charge is 0.361 e. The minimum Gasteiger partial charge on any atom is -0.361 e. The van der Waals surface area contributed by atoms with E-state index in [1.807, 2.05) is 20.8 Å². The number of carbonyl (C=O) groups is 1. The Kier molecular flexibility index (Phi) is 5.50. The third-order valence-electron chi connectivity index (χ3n) is 3.83. The number of hydrogen-bond acceptors (Lipinski definition) is 4. The van der Waals surface area contributed by atoms with Gasteiger partial charge >= 0.3 is 0 Å². The minimum atomic E-state index is -0.425. The zero-order chi connectivity index (χ0) is 17.0. The molecule has 1 aromatic heterocycles. The topological polar surface area (TPSA) is 67.2 Å². The van der Waals surface area contributed by atoms with Gasteiger partial charge in [-0.25, -0.2) is 4.39 Å². The monoisotopic (exact) mass is 319 g/mol. The Balaban J connectivity index is 1.91. The highest BCUT2D eigenvalue weighted by molar-refractivity contribution is 5.81. The van der Waals surface area contributed by atoms with Gasteiger partial charge in [-0.3, -0.25) is 10.1 Å². The Morgan fingerprint density at radius 2 is 2.00 bits per heavy atom. The van der Waals surface area contributed by atoms with E-state index in [0.29, 0.717) is 5.56 Å². The third kappa shape index (κ3) is 4.16. The summed E-state index contributed by atoms with van der Waals surface area (Å²) < 4.78 is 18.7. The van der Waals surface area contributed by atoms with Crippen LogP contribution in [-0.2, 0) is 11.3 Å². The van der Waals surface area contributed by atoms with Crippen molar-refractivity contribution in [2.24, 2.45) is 0 Å². The molecule has 0 aliphatic rings. The number of rotatable bonds is 6. The van der Waals surface area contributed by atoms with Gasteiger partial charge in [0.2, 0.25) is 5.91 Å². The van der Waals surface area contributed by atoms with E-state index in [9.17, 15) is 9.18 Å². The van der Waals surface area contributed by atoms with Crippen molar-refractivity contribution < 1.29 is 13.7 Å². The maximum Gasteiger partial charge on any atom is 0.237 e. The van der Waals surface area contributed by atoms with Crippen LogP contribution >= 0.6 is 0 Å². The van der Waals surface area contributed by atoms with Crippen LogP contribution in [0.3, 0.4) is 0 Å². The standard InChI is InChI=1S/C17H22FN3O2/c1-10(16-11(2)21-23-13(16)4)20-12(3)17(22)19-9-14-7-5-6-8-15(14)18/h5-8,10,12,20H,9H2,1-4H3,(H,19,22)/t10-,12-/m1/s1. The molecule has 1 heterocycles. The summed E-state index contributed by atoms with van der Waals surface area (Å²) in [6, 6.07) is 5.89. The SMILES string of the molecule is Cc1noc(C)c1[C@@H](C)N[C@H](C)C(=O)NCc1ccccc1F. The lowest BCUT2D eigenvalue weighted by Gasteiger charge is -2.19. The third-order valence-corrected chi connectivity index (χ3v) is 3.83. The summed E-state index contributed by atoms with van der Waals surface area (Å²) in [5, 5.41) is 9.87. The number of aromatic nitrogens is 1. The number of benzene rings is 1. The first-order chi connectivity index (χ1) is 10.9. The van der Waals surface area contributed by atoms with E-state index in [4.69, 9.17) is 4.52 Å². The first-order valence-electron chi connectivity index (χ1n) is 7.60. The second-order valence-corrected chi connectivity index (χ2v) is 5.66. The molecule has 0 spiro atoms. The van der Waals surface area contributed by atoms with Crippen LogP contribution in [0, 0.1) is 19.7 Å². The molecule has 1 aromatic carbocycles. The van der Waals surface area contributed by atoms with E-state index in [0.717, 1.165) is 17.0 Å². The van der Waals surface area contributed by atoms with Crippen LogP contribution in [0.25, 0.3) is 0 Å². The highest BCUT2D eigenvalue weighted by Crippen LogP contribution is 2.21. The number of aryl methyl sites for hydroxylation is 2. The van der Waals surface area contributed by atoms with E-state index >= 15 is 0 Å². The van der Waals surface area contributed by atoms with Crippen molar-refractivity contribution in [2.45, 2.75) is 46.3 Å². The molecule has 0 saturated carbocycles. The molecule has 0 saturated heterocycles. The molecule has 124 valence electrons. The van der Waals surface area contributed by atoms with Crippen molar-refractivity contribution in [3.05, 3.63) is 52.7 Å². The average Bonchev–Trinajstić information content (AvgIpc) is 2.85. The summed E-state index contributed by atoms with van der Waals surface area (Å²) in [7, 11) is 0. The fourth-order valence-electron chi connectivity index (χ4n) is 2.62. The van der Waals surface area contributed by atoms with Gasteiger partial charge in [0.15, 0.2) is 0 Å². The summed E-state index contributed by atoms with van der Waals surface area (Å²) in [5.41, 5.74) is 2.23. The van der Waals surface area contributed by atoms with Gasteiger partial charge in [0.1, 0.15) is 11.6 Å². The lowest BCUT2D eigenvalue weighted by molar-refractivity contribution is -0.123. The van der Waals surface area contributed by atoms with Crippen LogP contribution in [0.5, 0.6) is 0 Å². The van der Waals surface area contributed by atoms with Gasteiger partial charge in [-0.15, -0.1) is 0 Å². The first kappa shape index (κ1) is 17.1. The fourth-order valence-corrected chi connectivity index (χ4v) is 2.62. The number of carbonyl (C=O) groups excluding carboxylic acids is 1. The van der Waals surface area contributed by atoms with Crippen molar-refractivity contribution in [3.8, 4) is 0 Å². The molecule has 0 aliphatic carbocycles. The summed E-state index contributed by atoms with van der Waals surface area (Å²) >= 11 is 0. The summed E-state index contributed by atoms with van der Waals surface area (Å²) in [5.74, 6) is 0.228. The van der Waals surface area contributed by atoms with Gasteiger partial charge in [-0.05, 0) is 33.8 Å². The van der Waals surface area contributed by atoms with Gasteiger partial charge < -0.3 is 9.84 Å². The zero-order valence-corrected chi connectivity index (χ0v) is 13.8. The van der Waals surface area contributed by atoms with E-state index in [1.54, 1.807) is 25.1 Å². The quantitative estimate of drug-likeness (QED) is 0.859. The fraction of sp³-hybridized carbons (Fsp3) is 0.412. The van der Waals surface area contributed by atoms with Crippen molar-refractivity contribution in [1.82, 2.24) is 15.8 Å². The van der Waals surface area contributed by atoms with Gasteiger partial charge in [0.25, 0.3) is 0 Å². The molecule has 0 bridgehead atoms. The van der Waals surface area contributed by atoms with Crippen LogP contribution in [0.4, 0.5) is 4.39 Å². The molecular weight excluding hydrogens is 297 g/mol. The molecule has 2 aromatic rings. The molecule has 0 unspecified atom stereocenters. The first-order valence-corrected chi connectivity index (χ1v) is 7.60. The van der Waals surface area contributed by atoms with E-state index in [-0.39, 0.29) is 24.3 Å². The van der Waals surface area contributed by atoms with Crippen LogP contribution in [0.15, 0.2) is 28.8 Å². The number of amides is 1. The molecule has 2 atom stereocenters. The second-order valence-electron chi connectivity index (χ2n) is 5.66. The maximum absolute atomic E-state index is 13.5. The molecule has 5 nitrogen and oxygen atoms in total. The van der Waals surface area contributed by atoms with Gasteiger partial charge in [0, 0.05) is 23.7 Å². The predicted molar refractivity (Wildman–Crippen MR) is 85.2 cm³/mol. The molecular formula is C17H22FN3O2. The Bertz CT molecular complexity index is 665. The lowest BCUT2D eigenvalue weighted by atomic mass is 10.1. The molecule has 0 aliphatic heterocycles. The van der Waals surface area contributed by atoms with E-state index in [2.05, 4.69) is 15.8 Å². The maximum atomic E-state index is 13.5.